The Morgan fingerprint density at radius 2 is 1.91 bits per heavy atom. The number of methoxy groups -OCH3 is 1. The third-order valence-corrected chi connectivity index (χ3v) is 6.66. The molecule has 2 aliphatic rings. The van der Waals surface area contributed by atoms with Crippen molar-refractivity contribution in [2.45, 2.75) is 39.2 Å². The maximum Gasteiger partial charge on any atom is 0.308 e. The number of aliphatic imine (C=N–C) groups is 1. The van der Waals surface area contributed by atoms with Gasteiger partial charge in [0.25, 0.3) is 11.8 Å². The number of hydrogen-bond acceptors (Lipinski definition) is 6. The number of nitrogens with one attached hydrogen (secondary N) is 1. The van der Waals surface area contributed by atoms with Gasteiger partial charge in [-0.2, -0.15) is 0 Å². The van der Waals surface area contributed by atoms with Gasteiger partial charge in [-0.15, -0.1) is 0 Å². The molecule has 0 unspecified atom stereocenters. The number of benzene rings is 1. The number of para-hydroxylation sites is 1. The molecule has 8 nitrogen and oxygen atoms in total. The van der Waals surface area contributed by atoms with Crippen LogP contribution in [0, 0.1) is 11.8 Å². The van der Waals surface area contributed by atoms with Crippen LogP contribution >= 0.6 is 0 Å². The lowest BCUT2D eigenvalue weighted by molar-refractivity contribution is -0.146. The number of nitrogens with zero attached hydrogens (tertiary/aromatic N) is 3. The van der Waals surface area contributed by atoms with Crippen molar-refractivity contribution in [1.29, 1.82) is 0 Å². The molecule has 1 atom stereocenters. The first-order valence-electron chi connectivity index (χ1n) is 10.9. The van der Waals surface area contributed by atoms with Crippen LogP contribution in [0.25, 0.3) is 10.9 Å². The largest absolute Gasteiger partial charge is 0.469 e. The van der Waals surface area contributed by atoms with Crippen molar-refractivity contribution in [3.05, 3.63) is 41.6 Å². The zero-order chi connectivity index (χ0) is 23.0. The maximum absolute atomic E-state index is 13.5. The van der Waals surface area contributed by atoms with Gasteiger partial charge in [-0.3, -0.25) is 14.4 Å². The number of aromatic nitrogens is 1. The molecule has 1 N–H and O–H groups in total. The molecule has 0 radical (unpaired) electrons. The Labute approximate surface area is 187 Å². The Kier molecular flexibility index (Phi) is 5.71. The van der Waals surface area contributed by atoms with Gasteiger partial charge in [-0.25, -0.2) is 9.98 Å². The van der Waals surface area contributed by atoms with Crippen molar-refractivity contribution in [2.75, 3.05) is 20.2 Å². The molecule has 2 amide bonds. The Morgan fingerprint density at radius 3 is 2.53 bits per heavy atom. The average molecular weight is 437 g/mol. The van der Waals surface area contributed by atoms with Gasteiger partial charge in [0.1, 0.15) is 11.2 Å². The second kappa shape index (κ2) is 8.33. The molecule has 8 heteroatoms. The highest BCUT2D eigenvalue weighted by atomic mass is 16.5. The van der Waals surface area contributed by atoms with Crippen molar-refractivity contribution in [1.82, 2.24) is 15.2 Å². The molecular formula is C24H28N4O4. The summed E-state index contributed by atoms with van der Waals surface area (Å²) in [6.07, 6.45) is 1.11. The number of likely N-dealkylation sites (tertiary alicyclic amines) is 1. The zero-order valence-electron chi connectivity index (χ0n) is 18.8. The number of ether oxygens (including phenoxy) is 1. The predicted molar refractivity (Wildman–Crippen MR) is 120 cm³/mol. The molecular weight excluding hydrogens is 408 g/mol. The molecule has 2 aliphatic heterocycles. The molecule has 168 valence electrons. The second-order valence-corrected chi connectivity index (χ2v) is 8.88. The third-order valence-electron chi connectivity index (χ3n) is 6.66. The number of rotatable bonds is 4. The van der Waals surface area contributed by atoms with Gasteiger partial charge >= 0.3 is 5.97 Å². The van der Waals surface area contributed by atoms with Gasteiger partial charge < -0.3 is 15.0 Å². The molecule has 1 aromatic carbocycles. The predicted octanol–water partition coefficient (Wildman–Crippen LogP) is 2.55. The zero-order valence-corrected chi connectivity index (χ0v) is 18.8. The number of amidine groups is 1. The lowest BCUT2D eigenvalue weighted by Crippen LogP contribution is -2.42. The van der Waals surface area contributed by atoms with Crippen molar-refractivity contribution < 1.29 is 19.1 Å². The third kappa shape index (κ3) is 3.74. The summed E-state index contributed by atoms with van der Waals surface area (Å²) in [6.45, 7) is 6.58. The van der Waals surface area contributed by atoms with Crippen LogP contribution in [-0.4, -0.2) is 59.2 Å². The fourth-order valence-corrected chi connectivity index (χ4v) is 4.16. The second-order valence-electron chi connectivity index (χ2n) is 8.88. The normalized spacial score (nSPS) is 21.6. The van der Waals surface area contributed by atoms with Crippen LogP contribution in [-0.2, 0) is 14.3 Å². The molecule has 4 rings (SSSR count). The van der Waals surface area contributed by atoms with Crippen LogP contribution in [0.15, 0.2) is 35.3 Å². The van der Waals surface area contributed by atoms with E-state index < -0.39 is 5.54 Å². The number of carbonyl (C=O) groups is 3. The van der Waals surface area contributed by atoms with Crippen molar-refractivity contribution in [3.63, 3.8) is 0 Å². The lowest BCUT2D eigenvalue weighted by atomic mass is 9.89. The Bertz CT molecular complexity index is 1120. The van der Waals surface area contributed by atoms with Gasteiger partial charge in [0.2, 0.25) is 0 Å². The van der Waals surface area contributed by atoms with Gasteiger partial charge in [-0.05, 0) is 37.8 Å². The van der Waals surface area contributed by atoms with Crippen molar-refractivity contribution in [3.8, 4) is 0 Å². The summed E-state index contributed by atoms with van der Waals surface area (Å²) in [5.74, 6) is -0.502. The van der Waals surface area contributed by atoms with E-state index in [0.29, 0.717) is 43.0 Å². The number of hydrogen-bond donors (Lipinski definition) is 1. The van der Waals surface area contributed by atoms with E-state index in [4.69, 9.17) is 9.72 Å². The van der Waals surface area contributed by atoms with Gasteiger partial charge in [-0.1, -0.05) is 32.0 Å². The number of pyridine rings is 1. The van der Waals surface area contributed by atoms with E-state index >= 15 is 0 Å². The van der Waals surface area contributed by atoms with E-state index in [0.717, 1.165) is 10.9 Å². The average Bonchev–Trinajstić information content (AvgIpc) is 3.12. The summed E-state index contributed by atoms with van der Waals surface area (Å²) in [4.78, 5) is 49.2. The summed E-state index contributed by atoms with van der Waals surface area (Å²) >= 11 is 0. The molecule has 32 heavy (non-hydrogen) atoms. The first-order chi connectivity index (χ1) is 15.2. The minimum Gasteiger partial charge on any atom is -0.469 e. The van der Waals surface area contributed by atoms with Gasteiger partial charge in [0.05, 0.1) is 24.1 Å². The fourth-order valence-electron chi connectivity index (χ4n) is 4.16. The number of esters is 1. The minimum absolute atomic E-state index is 0.0167. The number of piperidine rings is 1. The first-order valence-corrected chi connectivity index (χ1v) is 10.9. The SMILES string of the molecule is COC(=O)C1CCN(C(=O)c2cc3ccccc3nc2C2=N[C@](C)(C(C)C)C(=O)N2)CC1. The number of fused-ring (bicyclic) bond motifs is 1. The molecule has 0 saturated carbocycles. The minimum atomic E-state index is -0.915. The van der Waals surface area contributed by atoms with Crippen LogP contribution in [0.3, 0.4) is 0 Å². The van der Waals surface area contributed by atoms with Gasteiger partial charge in [0.15, 0.2) is 5.84 Å². The Morgan fingerprint density at radius 1 is 1.22 bits per heavy atom. The van der Waals surface area contributed by atoms with E-state index in [1.54, 1.807) is 11.8 Å². The summed E-state index contributed by atoms with van der Waals surface area (Å²) < 4.78 is 4.85. The highest BCUT2D eigenvalue weighted by Crippen LogP contribution is 2.29. The molecule has 1 saturated heterocycles. The molecule has 0 bridgehead atoms. The smallest absolute Gasteiger partial charge is 0.308 e. The van der Waals surface area contributed by atoms with E-state index in [1.807, 2.05) is 44.2 Å². The summed E-state index contributed by atoms with van der Waals surface area (Å²) in [7, 11) is 1.38. The van der Waals surface area contributed by atoms with Crippen LogP contribution < -0.4 is 5.32 Å². The molecule has 1 aromatic heterocycles. The lowest BCUT2D eigenvalue weighted by Gasteiger charge is -2.31. The van der Waals surface area contributed by atoms with Crippen LogP contribution in [0.4, 0.5) is 0 Å². The first kappa shape index (κ1) is 21.9. The topological polar surface area (TPSA) is 101 Å². The van der Waals surface area contributed by atoms with E-state index in [1.165, 1.54) is 7.11 Å². The Hall–Kier alpha value is -3.29. The van der Waals surface area contributed by atoms with Crippen LogP contribution in [0.5, 0.6) is 0 Å². The standard InChI is InChI=1S/C24H28N4O4/c1-14(2)24(3)23(31)26-20(27-24)19-17(13-16-7-5-6-8-18(16)25-19)21(29)28-11-9-15(10-12-28)22(30)32-4/h5-8,13-15H,9-12H2,1-4H3,(H,26,27,31)/t24-/m1/s1. The van der Waals surface area contributed by atoms with E-state index in [9.17, 15) is 14.4 Å². The quantitative estimate of drug-likeness (QED) is 0.743. The van der Waals surface area contributed by atoms with Crippen molar-refractivity contribution >= 4 is 34.5 Å². The monoisotopic (exact) mass is 436 g/mol. The summed E-state index contributed by atoms with van der Waals surface area (Å²) in [6, 6.07) is 9.36. The van der Waals surface area contributed by atoms with E-state index in [-0.39, 0.29) is 29.6 Å². The van der Waals surface area contributed by atoms with Crippen LogP contribution in [0.2, 0.25) is 0 Å². The number of amides is 2. The van der Waals surface area contributed by atoms with Gasteiger partial charge in [0, 0.05) is 18.5 Å². The fraction of sp³-hybridized carbons (Fsp3) is 0.458. The molecule has 3 heterocycles. The summed E-state index contributed by atoms with van der Waals surface area (Å²) in [5.41, 5.74) is 0.578. The Balaban J connectivity index is 1.72. The molecule has 1 fully saturated rings. The van der Waals surface area contributed by atoms with E-state index in [2.05, 4.69) is 10.3 Å². The number of carbonyl (C=O) groups excluding carboxylic acids is 3. The van der Waals surface area contributed by atoms with Crippen molar-refractivity contribution in [2.24, 2.45) is 16.8 Å². The summed E-state index contributed by atoms with van der Waals surface area (Å²) in [5, 5.41) is 3.69. The maximum atomic E-state index is 13.5. The molecule has 2 aromatic rings. The molecule has 0 spiro atoms. The van der Waals surface area contributed by atoms with Crippen LogP contribution in [0.1, 0.15) is 49.7 Å². The molecule has 0 aliphatic carbocycles. The highest BCUT2D eigenvalue weighted by Gasteiger charge is 2.43. The highest BCUT2D eigenvalue weighted by molar-refractivity contribution is 6.19.